The first kappa shape index (κ1) is 17.7. The van der Waals surface area contributed by atoms with Crippen LogP contribution in [-0.2, 0) is 4.79 Å². The van der Waals surface area contributed by atoms with Gasteiger partial charge in [0.1, 0.15) is 0 Å². The lowest BCUT2D eigenvalue weighted by molar-refractivity contribution is -0.138. The lowest BCUT2D eigenvalue weighted by atomic mass is 9.79. The van der Waals surface area contributed by atoms with Gasteiger partial charge in [-0.05, 0) is 36.5 Å². The Morgan fingerprint density at radius 3 is 2.54 bits per heavy atom. The molecule has 2 aromatic rings. The molecule has 5 rings (SSSR count). The molecular formula is C24H29N3O. The molecule has 1 aliphatic carbocycles. The van der Waals surface area contributed by atoms with E-state index >= 15 is 0 Å². The van der Waals surface area contributed by atoms with Crippen molar-refractivity contribution in [3.63, 3.8) is 0 Å². The van der Waals surface area contributed by atoms with Crippen molar-refractivity contribution < 1.29 is 4.79 Å². The third kappa shape index (κ3) is 2.91. The topological polar surface area (TPSA) is 58.4 Å². The van der Waals surface area contributed by atoms with Gasteiger partial charge in [-0.1, -0.05) is 61.4 Å². The Kier molecular flexibility index (Phi) is 4.59. The monoisotopic (exact) mass is 375 g/mol. The van der Waals surface area contributed by atoms with E-state index < -0.39 is 0 Å². The largest absolute Gasteiger partial charge is 0.378 e. The summed E-state index contributed by atoms with van der Waals surface area (Å²) in [5.41, 5.74) is 10.1. The van der Waals surface area contributed by atoms with Crippen LogP contribution in [0.4, 0.5) is 5.69 Å². The number of nitrogens with two attached hydrogens (primary N) is 1. The molecule has 3 aliphatic rings. The molecule has 4 nitrogen and oxygen atoms in total. The molecule has 28 heavy (non-hydrogen) atoms. The molecule has 3 N–H and O–H groups in total. The van der Waals surface area contributed by atoms with Crippen molar-refractivity contribution in [2.45, 2.75) is 50.2 Å². The summed E-state index contributed by atoms with van der Waals surface area (Å²) in [6, 6.07) is 19.6. The number of nitrogens with one attached hydrogen (secondary N) is 1. The van der Waals surface area contributed by atoms with E-state index in [2.05, 4.69) is 64.8 Å². The Labute approximate surface area is 167 Å². The Balaban J connectivity index is 1.51. The van der Waals surface area contributed by atoms with Gasteiger partial charge >= 0.3 is 0 Å². The van der Waals surface area contributed by atoms with Crippen LogP contribution in [0.1, 0.15) is 55.3 Å². The minimum absolute atomic E-state index is 0.00952. The number of rotatable bonds is 2. The van der Waals surface area contributed by atoms with Crippen LogP contribution in [0.5, 0.6) is 0 Å². The Bertz CT molecular complexity index is 852. The van der Waals surface area contributed by atoms with Gasteiger partial charge in [-0.2, -0.15) is 0 Å². The van der Waals surface area contributed by atoms with Gasteiger partial charge in [0.05, 0.1) is 18.0 Å². The summed E-state index contributed by atoms with van der Waals surface area (Å²) in [5.74, 6) is 0.661. The summed E-state index contributed by atoms with van der Waals surface area (Å²) < 4.78 is 0. The maximum atomic E-state index is 13.5. The highest BCUT2D eigenvalue weighted by molar-refractivity contribution is 5.81. The number of hydrogen-bond donors (Lipinski definition) is 2. The quantitative estimate of drug-likeness (QED) is 0.824. The maximum absolute atomic E-state index is 13.5. The molecule has 1 saturated carbocycles. The van der Waals surface area contributed by atoms with E-state index in [4.69, 9.17) is 5.73 Å². The first-order valence-electron chi connectivity index (χ1n) is 10.7. The summed E-state index contributed by atoms with van der Waals surface area (Å²) in [4.78, 5) is 15.7. The highest BCUT2D eigenvalue weighted by Crippen LogP contribution is 2.51. The fourth-order valence-electron chi connectivity index (χ4n) is 5.64. The van der Waals surface area contributed by atoms with Crippen LogP contribution in [0.15, 0.2) is 54.6 Å². The molecule has 146 valence electrons. The summed E-state index contributed by atoms with van der Waals surface area (Å²) in [6.45, 7) is 0.830. The van der Waals surface area contributed by atoms with Crippen LogP contribution in [0, 0.1) is 11.8 Å². The second kappa shape index (κ2) is 7.25. The average Bonchev–Trinajstić information content (AvgIpc) is 3.19. The van der Waals surface area contributed by atoms with Crippen LogP contribution in [0.2, 0.25) is 0 Å². The van der Waals surface area contributed by atoms with E-state index in [1.165, 1.54) is 11.1 Å². The van der Waals surface area contributed by atoms with Gasteiger partial charge in [-0.25, -0.2) is 0 Å². The van der Waals surface area contributed by atoms with Crippen molar-refractivity contribution in [2.24, 2.45) is 17.6 Å². The van der Waals surface area contributed by atoms with Gasteiger partial charge in [0.2, 0.25) is 5.91 Å². The molecule has 2 aliphatic heterocycles. The predicted molar refractivity (Wildman–Crippen MR) is 112 cm³/mol. The number of para-hydroxylation sites is 1. The summed E-state index contributed by atoms with van der Waals surface area (Å²) >= 11 is 0. The molecule has 2 aromatic carbocycles. The number of carbonyl (C=O) groups excluding carboxylic acids is 1. The Hall–Kier alpha value is -2.33. The van der Waals surface area contributed by atoms with E-state index in [0.717, 1.165) is 44.3 Å². The van der Waals surface area contributed by atoms with Crippen LogP contribution in [0.3, 0.4) is 0 Å². The van der Waals surface area contributed by atoms with Gasteiger partial charge in [0, 0.05) is 24.2 Å². The van der Waals surface area contributed by atoms with Crippen LogP contribution < -0.4 is 11.1 Å². The molecule has 1 unspecified atom stereocenters. The van der Waals surface area contributed by atoms with E-state index in [-0.39, 0.29) is 30.0 Å². The number of amides is 1. The second-order valence-corrected chi connectivity index (χ2v) is 8.60. The molecule has 0 bridgehead atoms. The zero-order valence-electron chi connectivity index (χ0n) is 16.3. The highest BCUT2D eigenvalue weighted by Gasteiger charge is 2.47. The zero-order chi connectivity index (χ0) is 19.1. The number of fused-ring (bicyclic) bond motifs is 3. The first-order chi connectivity index (χ1) is 13.7. The minimum atomic E-state index is -0.00952. The molecule has 5 atom stereocenters. The van der Waals surface area contributed by atoms with Gasteiger partial charge in [-0.15, -0.1) is 0 Å². The molecule has 2 heterocycles. The molecule has 0 aromatic heterocycles. The third-order valence-corrected chi connectivity index (χ3v) is 7.04. The summed E-state index contributed by atoms with van der Waals surface area (Å²) in [7, 11) is 0. The van der Waals surface area contributed by atoms with Crippen LogP contribution >= 0.6 is 0 Å². The molecule has 0 spiro atoms. The molecular weight excluding hydrogens is 346 g/mol. The van der Waals surface area contributed by atoms with Crippen molar-refractivity contribution in [2.75, 3.05) is 11.9 Å². The minimum Gasteiger partial charge on any atom is -0.378 e. The Morgan fingerprint density at radius 2 is 1.71 bits per heavy atom. The number of carbonyl (C=O) groups is 1. The second-order valence-electron chi connectivity index (χ2n) is 8.60. The van der Waals surface area contributed by atoms with E-state index in [1.54, 1.807) is 0 Å². The number of benzene rings is 2. The first-order valence-corrected chi connectivity index (χ1v) is 10.7. The fourth-order valence-corrected chi connectivity index (χ4v) is 5.64. The molecule has 4 heteroatoms. The van der Waals surface area contributed by atoms with Crippen molar-refractivity contribution >= 4 is 11.6 Å². The number of anilines is 1. The summed E-state index contributed by atoms with van der Waals surface area (Å²) in [5, 5.41) is 3.77. The lowest BCUT2D eigenvalue weighted by Crippen LogP contribution is -2.46. The van der Waals surface area contributed by atoms with Crippen molar-refractivity contribution in [1.82, 2.24) is 4.90 Å². The van der Waals surface area contributed by atoms with Crippen molar-refractivity contribution in [3.8, 4) is 0 Å². The van der Waals surface area contributed by atoms with Crippen molar-refractivity contribution in [1.29, 1.82) is 0 Å². The van der Waals surface area contributed by atoms with E-state index in [1.807, 2.05) is 0 Å². The fraction of sp³-hybridized carbons (Fsp3) is 0.458. The molecule has 1 amide bonds. The predicted octanol–water partition coefficient (Wildman–Crippen LogP) is 4.26. The smallest absolute Gasteiger partial charge is 0.227 e. The highest BCUT2D eigenvalue weighted by atomic mass is 16.2. The molecule has 1 saturated heterocycles. The number of hydrogen-bond acceptors (Lipinski definition) is 3. The zero-order valence-corrected chi connectivity index (χ0v) is 16.3. The average molecular weight is 376 g/mol. The summed E-state index contributed by atoms with van der Waals surface area (Å²) in [6.07, 6.45) is 5.22. The van der Waals surface area contributed by atoms with Crippen molar-refractivity contribution in [3.05, 3.63) is 65.7 Å². The standard InChI is InChI=1S/C24H29N3O/c25-20-12-6-4-10-17(20)24(28)27-15-14-19-22(16-8-2-1-3-9-16)26-21-13-7-5-11-18(21)23(19)27/h1-3,5,7-9,11,13,17,19-20,22-23,26H,4,6,10,12,14-15,25H2/t17-,19+,20+,22?,23-/m0/s1. The van der Waals surface area contributed by atoms with E-state index in [9.17, 15) is 4.79 Å². The third-order valence-electron chi connectivity index (χ3n) is 7.04. The maximum Gasteiger partial charge on any atom is 0.227 e. The van der Waals surface area contributed by atoms with Gasteiger partial charge < -0.3 is 16.0 Å². The Morgan fingerprint density at radius 1 is 0.964 bits per heavy atom. The number of likely N-dealkylation sites (tertiary alicyclic amines) is 1. The van der Waals surface area contributed by atoms with E-state index in [0.29, 0.717) is 5.92 Å². The normalized spacial score (nSPS) is 31.6. The molecule has 2 fully saturated rings. The number of nitrogens with zero attached hydrogens (tertiary/aromatic N) is 1. The van der Waals surface area contributed by atoms with Gasteiger partial charge in [0.15, 0.2) is 0 Å². The van der Waals surface area contributed by atoms with Crippen LogP contribution in [-0.4, -0.2) is 23.4 Å². The SMILES string of the molecule is N[C@@H]1CCCC[C@@H]1C(=O)N1CC[C@@H]2C(c3ccccc3)Nc3ccccc3[C@@H]21. The van der Waals surface area contributed by atoms with Gasteiger partial charge in [0.25, 0.3) is 0 Å². The lowest BCUT2D eigenvalue weighted by Gasteiger charge is -2.41. The molecule has 0 radical (unpaired) electrons. The van der Waals surface area contributed by atoms with Gasteiger partial charge in [-0.3, -0.25) is 4.79 Å². The van der Waals surface area contributed by atoms with Crippen LogP contribution in [0.25, 0.3) is 0 Å².